The number of rotatable bonds is 1. The Morgan fingerprint density at radius 2 is 2.23 bits per heavy atom. The predicted octanol–water partition coefficient (Wildman–Crippen LogP) is 2.34. The lowest BCUT2D eigenvalue weighted by molar-refractivity contribution is 1.09. The molecule has 4 heteroatoms. The van der Waals surface area contributed by atoms with Crippen molar-refractivity contribution in [3.63, 3.8) is 0 Å². The van der Waals surface area contributed by atoms with E-state index in [4.69, 9.17) is 5.73 Å². The first kappa shape index (κ1) is 8.31. The molecule has 0 spiro atoms. The highest BCUT2D eigenvalue weighted by Crippen LogP contribution is 2.31. The number of nitrogen functional groups attached to an aromatic ring is 1. The smallest absolute Gasteiger partial charge is 0.0891 e. The second-order valence-corrected chi connectivity index (χ2v) is 4.49. The fourth-order valence-electron chi connectivity index (χ4n) is 1.39. The van der Waals surface area contributed by atoms with E-state index in [1.807, 2.05) is 0 Å². The van der Waals surface area contributed by atoms with E-state index < -0.39 is 0 Å². The Bertz CT molecular complexity index is 428. The first-order valence-electron chi connectivity index (χ1n) is 4.04. The summed E-state index contributed by atoms with van der Waals surface area (Å²) in [6.45, 7) is 4.18. The minimum Gasteiger partial charge on any atom is -0.396 e. The molecule has 2 rings (SSSR count). The van der Waals surface area contributed by atoms with Crippen LogP contribution in [0.1, 0.15) is 9.75 Å². The molecule has 3 nitrogen and oxygen atoms in total. The van der Waals surface area contributed by atoms with E-state index in [1.54, 1.807) is 17.5 Å². The van der Waals surface area contributed by atoms with Crippen LogP contribution < -0.4 is 5.73 Å². The number of nitrogens with two attached hydrogens (primary N) is 1. The van der Waals surface area contributed by atoms with Crippen LogP contribution in [0.3, 0.4) is 0 Å². The Morgan fingerprint density at radius 3 is 2.69 bits per heavy atom. The summed E-state index contributed by atoms with van der Waals surface area (Å²) in [5.41, 5.74) is 8.57. The first-order valence-corrected chi connectivity index (χ1v) is 4.86. The van der Waals surface area contributed by atoms with Crippen LogP contribution in [-0.4, -0.2) is 10.2 Å². The van der Waals surface area contributed by atoms with Gasteiger partial charge in [0.1, 0.15) is 0 Å². The van der Waals surface area contributed by atoms with Crippen LogP contribution in [0.5, 0.6) is 0 Å². The van der Waals surface area contributed by atoms with Gasteiger partial charge in [0.2, 0.25) is 0 Å². The van der Waals surface area contributed by atoms with Crippen LogP contribution in [0.2, 0.25) is 0 Å². The summed E-state index contributed by atoms with van der Waals surface area (Å²) < 4.78 is 0. The number of nitrogens with one attached hydrogen (secondary N) is 1. The molecule has 3 N–H and O–H groups in total. The van der Waals surface area contributed by atoms with Crippen molar-refractivity contribution in [3.05, 3.63) is 22.0 Å². The molecular formula is C9H11N3S. The summed E-state index contributed by atoms with van der Waals surface area (Å²) in [4.78, 5) is 2.56. The monoisotopic (exact) mass is 193 g/mol. The molecule has 2 heterocycles. The lowest BCUT2D eigenvalue weighted by Crippen LogP contribution is -1.85. The van der Waals surface area contributed by atoms with E-state index in [-0.39, 0.29) is 0 Å². The van der Waals surface area contributed by atoms with Crippen LogP contribution in [0.25, 0.3) is 11.3 Å². The van der Waals surface area contributed by atoms with E-state index in [1.165, 1.54) is 9.75 Å². The highest BCUT2D eigenvalue weighted by Gasteiger charge is 2.09. The van der Waals surface area contributed by atoms with Gasteiger partial charge in [-0.05, 0) is 19.9 Å². The van der Waals surface area contributed by atoms with Crippen LogP contribution >= 0.6 is 11.3 Å². The zero-order valence-electron chi connectivity index (χ0n) is 7.59. The third-order valence-corrected chi connectivity index (χ3v) is 2.94. The average molecular weight is 193 g/mol. The zero-order chi connectivity index (χ0) is 9.42. The standard InChI is InChI=1S/C9H11N3S/c1-5-3-7(6(2)13-5)9-8(10)4-11-12-9/h3-4H,10H2,1-2H3,(H,11,12). The van der Waals surface area contributed by atoms with Gasteiger partial charge < -0.3 is 5.73 Å². The van der Waals surface area contributed by atoms with E-state index in [9.17, 15) is 0 Å². The topological polar surface area (TPSA) is 54.7 Å². The molecule has 0 amide bonds. The van der Waals surface area contributed by atoms with Gasteiger partial charge in [-0.25, -0.2) is 0 Å². The molecule has 0 aromatic carbocycles. The van der Waals surface area contributed by atoms with Crippen molar-refractivity contribution in [3.8, 4) is 11.3 Å². The van der Waals surface area contributed by atoms with Crippen LogP contribution in [0, 0.1) is 13.8 Å². The zero-order valence-corrected chi connectivity index (χ0v) is 8.40. The van der Waals surface area contributed by atoms with Gasteiger partial charge in [0.25, 0.3) is 0 Å². The molecule has 0 saturated heterocycles. The van der Waals surface area contributed by atoms with Gasteiger partial charge in [-0.1, -0.05) is 0 Å². The van der Waals surface area contributed by atoms with Crippen molar-refractivity contribution in [2.75, 3.05) is 5.73 Å². The maximum absolute atomic E-state index is 5.76. The van der Waals surface area contributed by atoms with Crippen molar-refractivity contribution in [2.45, 2.75) is 13.8 Å². The highest BCUT2D eigenvalue weighted by molar-refractivity contribution is 7.12. The molecule has 2 aromatic heterocycles. The van der Waals surface area contributed by atoms with Crippen molar-refractivity contribution in [1.82, 2.24) is 10.2 Å². The number of aryl methyl sites for hydroxylation is 2. The Hall–Kier alpha value is -1.29. The molecule has 0 unspecified atom stereocenters. The predicted molar refractivity (Wildman–Crippen MR) is 55.8 cm³/mol. The number of anilines is 1. The molecule has 2 aromatic rings. The number of hydrogen-bond acceptors (Lipinski definition) is 3. The molecule has 0 aliphatic heterocycles. The number of H-pyrrole nitrogens is 1. The number of hydrogen-bond donors (Lipinski definition) is 2. The number of aromatic nitrogens is 2. The molecule has 0 bridgehead atoms. The summed E-state index contributed by atoms with van der Waals surface area (Å²) >= 11 is 1.77. The normalized spacial score (nSPS) is 10.6. The molecule has 13 heavy (non-hydrogen) atoms. The van der Waals surface area contributed by atoms with Gasteiger partial charge >= 0.3 is 0 Å². The highest BCUT2D eigenvalue weighted by atomic mass is 32.1. The lowest BCUT2D eigenvalue weighted by atomic mass is 10.1. The second kappa shape index (κ2) is 2.88. The molecule has 0 fully saturated rings. The fourth-order valence-corrected chi connectivity index (χ4v) is 2.32. The van der Waals surface area contributed by atoms with Gasteiger partial charge in [-0.2, -0.15) is 5.10 Å². The van der Waals surface area contributed by atoms with E-state index >= 15 is 0 Å². The molecule has 68 valence electrons. The Morgan fingerprint density at radius 1 is 1.46 bits per heavy atom. The molecule has 0 atom stereocenters. The Kier molecular flexibility index (Phi) is 1.84. The SMILES string of the molecule is Cc1cc(-c2[nH]ncc2N)c(C)s1. The van der Waals surface area contributed by atoms with Gasteiger partial charge in [0, 0.05) is 15.3 Å². The lowest BCUT2D eigenvalue weighted by Gasteiger charge is -1.96. The van der Waals surface area contributed by atoms with Crippen molar-refractivity contribution < 1.29 is 0 Å². The Labute approximate surface area is 80.6 Å². The number of nitrogens with zero attached hydrogens (tertiary/aromatic N) is 1. The summed E-state index contributed by atoms with van der Waals surface area (Å²) in [5, 5.41) is 6.81. The van der Waals surface area contributed by atoms with Gasteiger partial charge in [-0.3, -0.25) is 5.10 Å². The van der Waals surface area contributed by atoms with Gasteiger partial charge in [0.05, 0.1) is 17.6 Å². The summed E-state index contributed by atoms with van der Waals surface area (Å²) in [6.07, 6.45) is 1.64. The molecule has 0 radical (unpaired) electrons. The third-order valence-electron chi connectivity index (χ3n) is 1.98. The average Bonchev–Trinajstić information content (AvgIpc) is 2.58. The number of thiophene rings is 1. The maximum Gasteiger partial charge on any atom is 0.0891 e. The van der Waals surface area contributed by atoms with E-state index in [2.05, 4.69) is 30.1 Å². The number of aromatic amines is 1. The van der Waals surface area contributed by atoms with Crippen molar-refractivity contribution in [2.24, 2.45) is 0 Å². The molecule has 0 aliphatic rings. The minimum absolute atomic E-state index is 0.709. The summed E-state index contributed by atoms with van der Waals surface area (Å²) in [7, 11) is 0. The maximum atomic E-state index is 5.76. The molecular weight excluding hydrogens is 182 g/mol. The molecule has 0 saturated carbocycles. The van der Waals surface area contributed by atoms with Gasteiger partial charge in [0.15, 0.2) is 0 Å². The third kappa shape index (κ3) is 1.33. The summed E-state index contributed by atoms with van der Waals surface area (Å²) in [5.74, 6) is 0. The van der Waals surface area contributed by atoms with Crippen LogP contribution in [0.4, 0.5) is 5.69 Å². The van der Waals surface area contributed by atoms with Crippen molar-refractivity contribution in [1.29, 1.82) is 0 Å². The van der Waals surface area contributed by atoms with Gasteiger partial charge in [-0.15, -0.1) is 11.3 Å². The Balaban J connectivity index is 2.58. The van der Waals surface area contributed by atoms with Crippen molar-refractivity contribution >= 4 is 17.0 Å². The van der Waals surface area contributed by atoms with E-state index in [0.717, 1.165) is 11.3 Å². The first-order chi connectivity index (χ1) is 6.18. The fraction of sp³-hybridized carbons (Fsp3) is 0.222. The minimum atomic E-state index is 0.709. The van der Waals surface area contributed by atoms with E-state index in [0.29, 0.717) is 5.69 Å². The second-order valence-electron chi connectivity index (χ2n) is 3.03. The molecule has 0 aliphatic carbocycles. The largest absolute Gasteiger partial charge is 0.396 e. The van der Waals surface area contributed by atoms with Crippen LogP contribution in [-0.2, 0) is 0 Å². The summed E-state index contributed by atoms with van der Waals surface area (Å²) in [6, 6.07) is 2.13. The van der Waals surface area contributed by atoms with Crippen LogP contribution in [0.15, 0.2) is 12.3 Å². The quantitative estimate of drug-likeness (QED) is 0.730.